The molecule has 52 heavy (non-hydrogen) atoms. The number of nitrogens with zero attached hydrogens (tertiary/aromatic N) is 4. The number of amides is 1. The summed E-state index contributed by atoms with van der Waals surface area (Å²) in [5, 5.41) is -0.105. The van der Waals surface area contributed by atoms with Crippen molar-refractivity contribution in [1.29, 1.82) is 0 Å². The number of hydrogen-bond donors (Lipinski definition) is 1. The van der Waals surface area contributed by atoms with Gasteiger partial charge in [0.1, 0.15) is 17.9 Å². The van der Waals surface area contributed by atoms with E-state index in [1.807, 2.05) is 32.2 Å². The number of morpholine rings is 1. The molecule has 284 valence electrons. The summed E-state index contributed by atoms with van der Waals surface area (Å²) in [6, 6.07) is 9.61. The summed E-state index contributed by atoms with van der Waals surface area (Å²) in [5.74, 6) is 0.689. The molecule has 3 fully saturated rings. The number of rotatable bonds is 3. The number of sulfonamides is 1. The van der Waals surface area contributed by atoms with Crippen LogP contribution in [0.2, 0.25) is 5.02 Å². The first-order valence-corrected chi connectivity index (χ1v) is 21.0. The van der Waals surface area contributed by atoms with E-state index in [1.165, 1.54) is 5.56 Å². The predicted octanol–water partition coefficient (Wildman–Crippen LogP) is 4.93. The van der Waals surface area contributed by atoms with Gasteiger partial charge in [0.2, 0.25) is 10.0 Å². The quantitative estimate of drug-likeness (QED) is 0.433. The number of pyridine rings is 1. The van der Waals surface area contributed by atoms with Gasteiger partial charge in [0.25, 0.3) is 5.91 Å². The van der Waals surface area contributed by atoms with Crippen molar-refractivity contribution >= 4 is 33.3 Å². The maximum absolute atomic E-state index is 13.6. The second-order valence-corrected chi connectivity index (χ2v) is 18.0. The van der Waals surface area contributed by atoms with Crippen LogP contribution in [0.5, 0.6) is 5.75 Å². The smallest absolute Gasteiger partial charge is 0.283 e. The molecule has 6 atom stereocenters. The normalized spacial score (nSPS) is 32.4. The van der Waals surface area contributed by atoms with E-state index in [0.717, 1.165) is 83.6 Å². The fourth-order valence-corrected chi connectivity index (χ4v) is 10.2. The number of carbonyl (C=O) groups excluding carboxylic acids is 1. The average Bonchev–Trinajstić information content (AvgIpc) is 3.15. The molecule has 11 nitrogen and oxygen atoms in total. The van der Waals surface area contributed by atoms with E-state index in [4.69, 9.17) is 30.8 Å². The largest absolute Gasteiger partial charge is 0.485 e. The molecule has 4 aliphatic heterocycles. The van der Waals surface area contributed by atoms with Crippen molar-refractivity contribution in [2.45, 2.75) is 75.9 Å². The Hall–Kier alpha value is -2.74. The van der Waals surface area contributed by atoms with Gasteiger partial charge in [-0.1, -0.05) is 36.7 Å². The lowest BCUT2D eigenvalue weighted by Crippen LogP contribution is -2.62. The van der Waals surface area contributed by atoms with E-state index >= 15 is 0 Å². The lowest BCUT2D eigenvalue weighted by molar-refractivity contribution is -0.108. The zero-order valence-corrected chi connectivity index (χ0v) is 32.3. The highest BCUT2D eigenvalue weighted by atomic mass is 35.5. The van der Waals surface area contributed by atoms with Crippen molar-refractivity contribution in [3.05, 3.63) is 64.3 Å². The molecule has 1 aromatic carbocycles. The topological polar surface area (TPSA) is 114 Å². The summed E-state index contributed by atoms with van der Waals surface area (Å²) in [6.45, 7) is 11.5. The number of hydrogen-bond acceptors (Lipinski definition) is 10. The first-order valence-electron chi connectivity index (χ1n) is 19.0. The van der Waals surface area contributed by atoms with Gasteiger partial charge in [-0.3, -0.25) is 14.6 Å². The molecule has 1 saturated carbocycles. The van der Waals surface area contributed by atoms with Gasteiger partial charge in [0, 0.05) is 64.0 Å². The number of nitrogens with one attached hydrogen (secondary N) is 1. The minimum atomic E-state index is -4.00. The Balaban J connectivity index is 1.25. The highest BCUT2D eigenvalue weighted by Crippen LogP contribution is 2.46. The van der Waals surface area contributed by atoms with Gasteiger partial charge in [-0.15, -0.1) is 0 Å². The summed E-state index contributed by atoms with van der Waals surface area (Å²) in [5.41, 5.74) is 1.72. The number of allylic oxidation sites excluding steroid dienone is 1. The number of benzene rings is 1. The van der Waals surface area contributed by atoms with Crippen LogP contribution in [0.4, 0.5) is 5.82 Å². The molecule has 2 saturated heterocycles. The Morgan fingerprint density at radius 3 is 2.73 bits per heavy atom. The molecule has 0 radical (unpaired) electrons. The molecule has 2 aromatic rings. The molecule has 0 unspecified atom stereocenters. The van der Waals surface area contributed by atoms with Gasteiger partial charge in [0.15, 0.2) is 11.6 Å². The molecule has 5 heterocycles. The third-order valence-electron chi connectivity index (χ3n) is 12.4. The Morgan fingerprint density at radius 1 is 1.06 bits per heavy atom. The molecule has 1 aliphatic carbocycles. The van der Waals surface area contributed by atoms with Crippen LogP contribution in [-0.4, -0.2) is 112 Å². The molecular weight excluding hydrogens is 702 g/mol. The van der Waals surface area contributed by atoms with Crippen molar-refractivity contribution in [3.8, 4) is 5.75 Å². The Kier molecular flexibility index (Phi) is 11.5. The van der Waals surface area contributed by atoms with E-state index in [2.05, 4.69) is 31.6 Å². The van der Waals surface area contributed by atoms with Crippen LogP contribution in [0.15, 0.2) is 42.5 Å². The van der Waals surface area contributed by atoms with Gasteiger partial charge >= 0.3 is 0 Å². The Bertz CT molecular complexity index is 1740. The molecule has 7 rings (SSSR count). The van der Waals surface area contributed by atoms with Crippen LogP contribution < -0.4 is 14.4 Å². The van der Waals surface area contributed by atoms with Crippen LogP contribution in [0, 0.1) is 17.8 Å². The molecule has 2 bridgehead atoms. The van der Waals surface area contributed by atoms with Crippen molar-refractivity contribution in [2.24, 2.45) is 17.8 Å². The molecular formula is C39H54ClN5O6S. The van der Waals surface area contributed by atoms with Crippen LogP contribution >= 0.6 is 11.6 Å². The first-order chi connectivity index (χ1) is 25.0. The van der Waals surface area contributed by atoms with E-state index in [0.29, 0.717) is 54.7 Å². The molecule has 13 heteroatoms. The third kappa shape index (κ3) is 8.03. The Labute approximate surface area is 314 Å². The van der Waals surface area contributed by atoms with Crippen molar-refractivity contribution in [2.75, 3.05) is 71.0 Å². The highest BCUT2D eigenvalue weighted by molar-refractivity contribution is 7.90. The Morgan fingerprint density at radius 2 is 1.92 bits per heavy atom. The summed E-state index contributed by atoms with van der Waals surface area (Å²) in [4.78, 5) is 25.8. The minimum Gasteiger partial charge on any atom is -0.485 e. The number of piperazine rings is 1. The lowest BCUT2D eigenvalue weighted by atomic mass is 9.63. The summed E-state index contributed by atoms with van der Waals surface area (Å²) < 4.78 is 48.5. The fourth-order valence-electron chi connectivity index (χ4n) is 8.78. The van der Waals surface area contributed by atoms with E-state index in [1.54, 1.807) is 19.1 Å². The van der Waals surface area contributed by atoms with E-state index < -0.39 is 26.8 Å². The first kappa shape index (κ1) is 37.6. The summed E-state index contributed by atoms with van der Waals surface area (Å²) >= 11 is 6.40. The van der Waals surface area contributed by atoms with Gasteiger partial charge in [-0.25, -0.2) is 18.1 Å². The van der Waals surface area contributed by atoms with E-state index in [-0.39, 0.29) is 17.5 Å². The second kappa shape index (κ2) is 15.9. The number of fused-ring (bicyclic) bond motifs is 4. The van der Waals surface area contributed by atoms with Gasteiger partial charge in [0.05, 0.1) is 18.5 Å². The monoisotopic (exact) mass is 755 g/mol. The fraction of sp³-hybridized carbons (Fsp3) is 0.641. The standard InChI is InChI=1S/C39H54ClN5O6S/c1-27-7-6-15-39(49-3,26-43-17-18-44-19-20-50-25-33(44)23-43)34-12-10-30(34)22-45-16-5-4-8-29-21-32(40)11-9-31(29)24-51-36-14-13-35(41-37(36)45)38(46)42-52(47,48)28(27)2/h6,9,11,13-15,21,27-28,30,33-34H,4-5,7-8,10,12,16-20,22-26H2,1-3H3,(H,42,46)/b15-6+/t27-,28+,30-,33-,34+,39-/m0/s1. The van der Waals surface area contributed by atoms with Crippen LogP contribution in [0.1, 0.15) is 67.6 Å². The molecule has 1 amide bonds. The number of methoxy groups -OCH3 is 1. The number of aromatic nitrogens is 1. The maximum Gasteiger partial charge on any atom is 0.283 e. The number of ether oxygens (including phenoxy) is 3. The van der Waals surface area contributed by atoms with Gasteiger partial charge in [-0.05, 0) is 98.6 Å². The second-order valence-electron chi connectivity index (χ2n) is 15.5. The van der Waals surface area contributed by atoms with E-state index in [9.17, 15) is 13.2 Å². The SMILES string of the molecule is CO[C@]1(CN2CCN3CCOC[C@@H]3C2)/C=C/C[C@H](C)[C@@H](C)S(=O)(=O)NC(=O)c2ccc3c(n2)N(CCCCc2cc(Cl)ccc2CO3)C[C@@H]2CC[C@H]21. The number of anilines is 1. The zero-order chi connectivity index (χ0) is 36.5. The predicted molar refractivity (Wildman–Crippen MR) is 203 cm³/mol. The average molecular weight is 756 g/mol. The van der Waals surface area contributed by atoms with Crippen molar-refractivity contribution in [3.63, 3.8) is 0 Å². The number of aryl methyl sites for hydroxylation is 1. The third-order valence-corrected chi connectivity index (χ3v) is 14.5. The van der Waals surface area contributed by atoms with Gasteiger partial charge < -0.3 is 19.1 Å². The van der Waals surface area contributed by atoms with Crippen molar-refractivity contribution < 1.29 is 27.4 Å². The molecule has 5 aliphatic rings. The molecule has 1 aromatic heterocycles. The molecule has 1 N–H and O–H groups in total. The van der Waals surface area contributed by atoms with Crippen LogP contribution in [-0.2, 0) is 32.5 Å². The number of carbonyl (C=O) groups is 1. The summed E-state index contributed by atoms with van der Waals surface area (Å²) in [6.07, 6.45) is 9.69. The minimum absolute atomic E-state index is 0.0482. The highest BCUT2D eigenvalue weighted by Gasteiger charge is 2.49. The van der Waals surface area contributed by atoms with Gasteiger partial charge in [-0.2, -0.15) is 0 Å². The summed E-state index contributed by atoms with van der Waals surface area (Å²) in [7, 11) is -2.17. The van der Waals surface area contributed by atoms with Crippen molar-refractivity contribution in [1.82, 2.24) is 19.5 Å². The molecule has 0 spiro atoms. The zero-order valence-electron chi connectivity index (χ0n) is 30.8. The van der Waals surface area contributed by atoms with Crippen LogP contribution in [0.3, 0.4) is 0 Å². The van der Waals surface area contributed by atoms with Crippen LogP contribution in [0.25, 0.3) is 0 Å². The number of halogens is 1. The lowest BCUT2D eigenvalue weighted by Gasteiger charge is -2.52. The maximum atomic E-state index is 13.6.